The third kappa shape index (κ3) is 4.37. The molecule has 2 N–H and O–H groups in total. The number of carbonyl (C=O) groups is 2. The van der Waals surface area contributed by atoms with E-state index in [0.29, 0.717) is 12.2 Å². The molecule has 0 spiro atoms. The molecular formula is C12H14FNO3S. The van der Waals surface area contributed by atoms with Crippen LogP contribution in [0.1, 0.15) is 11.1 Å². The third-order valence-electron chi connectivity index (χ3n) is 2.41. The smallest absolute Gasteiger partial charge is 0.327 e. The predicted molar refractivity (Wildman–Crippen MR) is 67.9 cm³/mol. The minimum absolute atomic E-state index is 0.269. The van der Waals surface area contributed by atoms with Crippen LogP contribution in [-0.2, 0) is 15.3 Å². The second-order valence-corrected chi connectivity index (χ2v) is 4.79. The maximum absolute atomic E-state index is 12.9. The first-order valence-corrected chi connectivity index (χ1v) is 6.45. The highest BCUT2D eigenvalue weighted by atomic mass is 32.2. The van der Waals surface area contributed by atoms with Gasteiger partial charge in [-0.1, -0.05) is 6.07 Å². The fourth-order valence-corrected chi connectivity index (χ4v) is 2.52. The van der Waals surface area contributed by atoms with Crippen molar-refractivity contribution in [3.8, 4) is 0 Å². The van der Waals surface area contributed by atoms with Crippen molar-refractivity contribution in [1.29, 1.82) is 0 Å². The number of carbonyl (C=O) groups excluding carboxylic acids is 1. The van der Waals surface area contributed by atoms with Gasteiger partial charge in [0, 0.05) is 11.5 Å². The van der Waals surface area contributed by atoms with Crippen molar-refractivity contribution < 1.29 is 19.1 Å². The summed E-state index contributed by atoms with van der Waals surface area (Å²) in [6.07, 6.45) is 0.377. The first kappa shape index (κ1) is 14.5. The van der Waals surface area contributed by atoms with Crippen LogP contribution in [0.2, 0.25) is 0 Å². The van der Waals surface area contributed by atoms with Crippen molar-refractivity contribution in [2.24, 2.45) is 0 Å². The molecule has 0 fully saturated rings. The molecule has 0 radical (unpaired) electrons. The van der Waals surface area contributed by atoms with Crippen LogP contribution in [-0.4, -0.2) is 29.3 Å². The number of halogens is 1. The van der Waals surface area contributed by atoms with Gasteiger partial charge in [0.2, 0.25) is 6.41 Å². The zero-order chi connectivity index (χ0) is 13.5. The summed E-state index contributed by atoms with van der Waals surface area (Å²) in [6.45, 7) is 1.80. The molecule has 0 saturated heterocycles. The Hall–Kier alpha value is -1.56. The van der Waals surface area contributed by atoms with E-state index in [4.69, 9.17) is 5.11 Å². The Morgan fingerprint density at radius 3 is 2.89 bits per heavy atom. The Bertz CT molecular complexity index is 439. The SMILES string of the molecule is Cc1cc(F)ccc1CSCC(NC=O)C(=O)O. The molecule has 0 saturated carbocycles. The molecule has 0 aliphatic rings. The molecule has 98 valence electrons. The number of benzene rings is 1. The summed E-state index contributed by atoms with van der Waals surface area (Å²) in [5.41, 5.74) is 1.79. The van der Waals surface area contributed by atoms with E-state index >= 15 is 0 Å². The summed E-state index contributed by atoms with van der Waals surface area (Å²) in [7, 11) is 0. The fourth-order valence-electron chi connectivity index (χ4n) is 1.38. The van der Waals surface area contributed by atoms with Crippen LogP contribution in [0.3, 0.4) is 0 Å². The molecule has 1 aromatic rings. The van der Waals surface area contributed by atoms with E-state index in [1.54, 1.807) is 13.0 Å². The molecule has 0 bridgehead atoms. The van der Waals surface area contributed by atoms with E-state index < -0.39 is 12.0 Å². The first-order valence-electron chi connectivity index (χ1n) is 5.30. The highest BCUT2D eigenvalue weighted by Gasteiger charge is 2.15. The standard InChI is InChI=1S/C12H14FNO3S/c1-8-4-10(13)3-2-9(8)5-18-6-11(12(16)17)14-7-15/h2-4,7,11H,5-6H2,1H3,(H,14,15)(H,16,17). The predicted octanol–water partition coefficient (Wildman–Crippen LogP) is 1.57. The van der Waals surface area contributed by atoms with Crippen molar-refractivity contribution in [2.75, 3.05) is 5.75 Å². The highest BCUT2D eigenvalue weighted by molar-refractivity contribution is 7.98. The van der Waals surface area contributed by atoms with Crippen molar-refractivity contribution in [3.63, 3.8) is 0 Å². The molecule has 0 aliphatic heterocycles. The molecule has 1 rings (SSSR count). The number of aryl methyl sites for hydroxylation is 1. The number of amides is 1. The second-order valence-electron chi connectivity index (χ2n) is 3.76. The summed E-state index contributed by atoms with van der Waals surface area (Å²) in [4.78, 5) is 21.0. The lowest BCUT2D eigenvalue weighted by Gasteiger charge is -2.11. The van der Waals surface area contributed by atoms with Crippen molar-refractivity contribution >= 4 is 24.1 Å². The quantitative estimate of drug-likeness (QED) is 0.739. The van der Waals surface area contributed by atoms with Crippen LogP contribution in [0.25, 0.3) is 0 Å². The number of nitrogens with one attached hydrogen (secondary N) is 1. The van der Waals surface area contributed by atoms with Crippen LogP contribution in [0.15, 0.2) is 18.2 Å². The van der Waals surface area contributed by atoms with Crippen LogP contribution in [0.4, 0.5) is 4.39 Å². The topological polar surface area (TPSA) is 66.4 Å². The lowest BCUT2D eigenvalue weighted by molar-refractivity contribution is -0.139. The van der Waals surface area contributed by atoms with Gasteiger partial charge < -0.3 is 10.4 Å². The Morgan fingerprint density at radius 2 is 2.33 bits per heavy atom. The average molecular weight is 271 g/mol. The minimum Gasteiger partial charge on any atom is -0.480 e. The van der Waals surface area contributed by atoms with Gasteiger partial charge in [0.1, 0.15) is 11.9 Å². The summed E-state index contributed by atoms with van der Waals surface area (Å²) < 4.78 is 12.9. The first-order chi connectivity index (χ1) is 8.54. The van der Waals surface area contributed by atoms with Gasteiger partial charge >= 0.3 is 5.97 Å². The largest absolute Gasteiger partial charge is 0.480 e. The molecule has 1 atom stereocenters. The summed E-state index contributed by atoms with van der Waals surface area (Å²) in [5.74, 6) is -0.501. The Morgan fingerprint density at radius 1 is 1.61 bits per heavy atom. The number of aliphatic carboxylic acids is 1. The number of carboxylic acids is 1. The molecule has 1 unspecified atom stereocenters. The number of rotatable bonds is 7. The molecule has 6 heteroatoms. The number of thioether (sulfide) groups is 1. The third-order valence-corrected chi connectivity index (χ3v) is 3.50. The van der Waals surface area contributed by atoms with Crippen molar-refractivity contribution in [3.05, 3.63) is 35.1 Å². The number of hydrogen-bond acceptors (Lipinski definition) is 3. The van der Waals surface area contributed by atoms with Gasteiger partial charge in [0.05, 0.1) is 0 Å². The molecule has 0 aromatic heterocycles. The Balaban J connectivity index is 2.49. The Kier molecular flexibility index (Phi) is 5.64. The maximum atomic E-state index is 12.9. The highest BCUT2D eigenvalue weighted by Crippen LogP contribution is 2.17. The van der Waals surface area contributed by atoms with Crippen LogP contribution in [0, 0.1) is 12.7 Å². The van der Waals surface area contributed by atoms with Crippen LogP contribution in [0.5, 0.6) is 0 Å². The summed E-state index contributed by atoms with van der Waals surface area (Å²) in [5, 5.41) is 11.0. The van der Waals surface area contributed by atoms with Crippen molar-refractivity contribution in [2.45, 2.75) is 18.7 Å². The lowest BCUT2D eigenvalue weighted by Crippen LogP contribution is -2.37. The minimum atomic E-state index is -1.06. The van der Waals surface area contributed by atoms with Gasteiger partial charge in [-0.05, 0) is 30.2 Å². The van der Waals surface area contributed by atoms with E-state index in [1.165, 1.54) is 23.9 Å². The summed E-state index contributed by atoms with van der Waals surface area (Å²) >= 11 is 1.38. The van der Waals surface area contributed by atoms with E-state index in [-0.39, 0.29) is 11.6 Å². The molecule has 18 heavy (non-hydrogen) atoms. The van der Waals surface area contributed by atoms with Crippen LogP contribution >= 0.6 is 11.8 Å². The van der Waals surface area contributed by atoms with Gasteiger partial charge in [-0.15, -0.1) is 0 Å². The molecular weight excluding hydrogens is 257 g/mol. The monoisotopic (exact) mass is 271 g/mol. The van der Waals surface area contributed by atoms with E-state index in [2.05, 4.69) is 5.32 Å². The molecule has 1 aromatic carbocycles. The van der Waals surface area contributed by atoms with Gasteiger partial charge in [-0.2, -0.15) is 11.8 Å². The second kappa shape index (κ2) is 7.00. The lowest BCUT2D eigenvalue weighted by atomic mass is 10.1. The van der Waals surface area contributed by atoms with E-state index in [1.807, 2.05) is 0 Å². The van der Waals surface area contributed by atoms with E-state index in [9.17, 15) is 14.0 Å². The molecule has 1 amide bonds. The van der Waals surface area contributed by atoms with Crippen LogP contribution < -0.4 is 5.32 Å². The zero-order valence-electron chi connectivity index (χ0n) is 9.85. The van der Waals surface area contributed by atoms with Crippen molar-refractivity contribution in [1.82, 2.24) is 5.32 Å². The average Bonchev–Trinajstić information content (AvgIpc) is 2.30. The van der Waals surface area contributed by atoms with E-state index in [0.717, 1.165) is 11.1 Å². The molecule has 0 aliphatic carbocycles. The molecule has 0 heterocycles. The van der Waals surface area contributed by atoms with Gasteiger partial charge in [-0.3, -0.25) is 4.79 Å². The fraction of sp³-hybridized carbons (Fsp3) is 0.333. The maximum Gasteiger partial charge on any atom is 0.327 e. The van der Waals surface area contributed by atoms with Gasteiger partial charge in [0.25, 0.3) is 0 Å². The number of carboxylic acid groups (broad SMARTS) is 1. The molecule has 4 nitrogen and oxygen atoms in total. The van der Waals surface area contributed by atoms with Gasteiger partial charge in [0.15, 0.2) is 0 Å². The Labute approximate surface area is 109 Å². The number of hydrogen-bond donors (Lipinski definition) is 2. The zero-order valence-corrected chi connectivity index (χ0v) is 10.7. The normalized spacial score (nSPS) is 11.9. The van der Waals surface area contributed by atoms with Gasteiger partial charge in [-0.25, -0.2) is 9.18 Å². The summed E-state index contributed by atoms with van der Waals surface area (Å²) in [6, 6.07) is 3.60.